The Kier molecular flexibility index (Phi) is 6.48. The maximum atomic E-state index is 11.9. The molecule has 6 heteroatoms. The van der Waals surface area contributed by atoms with E-state index in [-0.39, 0.29) is 24.2 Å². The van der Waals surface area contributed by atoms with E-state index >= 15 is 0 Å². The molecule has 0 atom stereocenters. The van der Waals surface area contributed by atoms with E-state index in [0.717, 1.165) is 12.8 Å². The highest BCUT2D eigenvalue weighted by Crippen LogP contribution is 2.32. The summed E-state index contributed by atoms with van der Waals surface area (Å²) in [6.07, 6.45) is 2.80. The molecule has 1 fully saturated rings. The molecule has 2 amide bonds. The fraction of sp³-hybridized carbons (Fsp3) is 0.429. The van der Waals surface area contributed by atoms with Gasteiger partial charge in [-0.25, -0.2) is 0 Å². The lowest BCUT2D eigenvalue weighted by Crippen LogP contribution is -2.30. The molecule has 0 aliphatic heterocycles. The minimum Gasteiger partial charge on any atom is -0.351 e. The number of anilines is 1. The molecule has 0 aromatic heterocycles. The molecule has 1 aliphatic carbocycles. The van der Waals surface area contributed by atoms with E-state index in [1.165, 1.54) is 0 Å². The van der Waals surface area contributed by atoms with Crippen molar-refractivity contribution in [1.29, 1.82) is 0 Å². The van der Waals surface area contributed by atoms with Crippen molar-refractivity contribution < 1.29 is 9.59 Å². The van der Waals surface area contributed by atoms with E-state index in [1.807, 2.05) is 0 Å². The molecule has 0 unspecified atom stereocenters. The van der Waals surface area contributed by atoms with Gasteiger partial charge in [0.2, 0.25) is 5.91 Å². The molecule has 1 aromatic carbocycles. The van der Waals surface area contributed by atoms with Crippen LogP contribution < -0.4 is 16.4 Å². The molecule has 4 N–H and O–H groups in total. The number of carbonyl (C=O) groups is 2. The van der Waals surface area contributed by atoms with Gasteiger partial charge in [0.25, 0.3) is 5.91 Å². The molecule has 1 aromatic rings. The van der Waals surface area contributed by atoms with Gasteiger partial charge < -0.3 is 16.4 Å². The fourth-order valence-electron chi connectivity index (χ4n) is 1.86. The van der Waals surface area contributed by atoms with Crippen LogP contribution in [0, 0.1) is 5.92 Å². The SMILES string of the molecule is Cl.NCCNC(=O)c1ccccc1NC(=O)CC1CC1. The lowest BCUT2D eigenvalue weighted by Gasteiger charge is -2.10. The molecule has 1 saturated carbocycles. The molecule has 2 rings (SSSR count). The number of benzene rings is 1. The number of hydrogen-bond acceptors (Lipinski definition) is 3. The Morgan fingerprint density at radius 3 is 2.60 bits per heavy atom. The van der Waals surface area contributed by atoms with Crippen LogP contribution in [0.25, 0.3) is 0 Å². The second-order valence-electron chi connectivity index (χ2n) is 4.79. The lowest BCUT2D eigenvalue weighted by atomic mass is 10.1. The van der Waals surface area contributed by atoms with Crippen LogP contribution in [0.2, 0.25) is 0 Å². The van der Waals surface area contributed by atoms with Crippen LogP contribution >= 0.6 is 12.4 Å². The van der Waals surface area contributed by atoms with Gasteiger partial charge in [-0.15, -0.1) is 12.4 Å². The third-order valence-electron chi connectivity index (χ3n) is 3.05. The zero-order valence-electron chi connectivity index (χ0n) is 11.2. The highest BCUT2D eigenvalue weighted by atomic mass is 35.5. The molecule has 5 nitrogen and oxygen atoms in total. The Balaban J connectivity index is 0.00000200. The van der Waals surface area contributed by atoms with Gasteiger partial charge in [-0.3, -0.25) is 9.59 Å². The maximum absolute atomic E-state index is 11.9. The number of nitrogens with one attached hydrogen (secondary N) is 2. The summed E-state index contributed by atoms with van der Waals surface area (Å²) in [5.41, 5.74) is 6.38. The molecule has 1 aliphatic rings. The van der Waals surface area contributed by atoms with Crippen LogP contribution in [-0.2, 0) is 4.79 Å². The van der Waals surface area contributed by atoms with E-state index < -0.39 is 0 Å². The number of carbonyl (C=O) groups excluding carboxylic acids is 2. The average molecular weight is 298 g/mol. The summed E-state index contributed by atoms with van der Waals surface area (Å²) in [5, 5.41) is 5.51. The van der Waals surface area contributed by atoms with Crippen LogP contribution in [0.1, 0.15) is 29.6 Å². The first kappa shape index (κ1) is 16.5. The Bertz CT molecular complexity index is 475. The van der Waals surface area contributed by atoms with Gasteiger partial charge >= 0.3 is 0 Å². The standard InChI is InChI=1S/C14H19N3O2.ClH/c15-7-8-16-14(19)11-3-1-2-4-12(11)17-13(18)9-10-5-6-10;/h1-4,10H,5-9,15H2,(H,16,19)(H,17,18);1H. The predicted molar refractivity (Wildman–Crippen MR) is 81.0 cm³/mol. The molecular weight excluding hydrogens is 278 g/mol. The fourth-order valence-corrected chi connectivity index (χ4v) is 1.86. The summed E-state index contributed by atoms with van der Waals surface area (Å²) < 4.78 is 0. The van der Waals surface area contributed by atoms with Crippen molar-refractivity contribution in [2.24, 2.45) is 11.7 Å². The van der Waals surface area contributed by atoms with Crippen molar-refractivity contribution in [2.75, 3.05) is 18.4 Å². The van der Waals surface area contributed by atoms with Gasteiger partial charge in [0.1, 0.15) is 0 Å². The molecule has 20 heavy (non-hydrogen) atoms. The first-order valence-electron chi connectivity index (χ1n) is 6.58. The van der Waals surface area contributed by atoms with Crippen LogP contribution in [0.4, 0.5) is 5.69 Å². The Morgan fingerprint density at radius 1 is 1.25 bits per heavy atom. The van der Waals surface area contributed by atoms with E-state index in [0.29, 0.717) is 36.7 Å². The third-order valence-corrected chi connectivity index (χ3v) is 3.05. The molecule has 0 bridgehead atoms. The summed E-state index contributed by atoms with van der Waals surface area (Å²) in [5.74, 6) is 0.285. The minimum absolute atomic E-state index is 0. The predicted octanol–water partition coefficient (Wildman–Crippen LogP) is 1.54. The van der Waals surface area contributed by atoms with Crippen LogP contribution in [0.3, 0.4) is 0 Å². The molecule has 0 heterocycles. The summed E-state index contributed by atoms with van der Waals surface area (Å²) in [6.45, 7) is 0.811. The number of amides is 2. The van der Waals surface area contributed by atoms with Crippen molar-refractivity contribution in [3.05, 3.63) is 29.8 Å². The van der Waals surface area contributed by atoms with Gasteiger partial charge in [0.05, 0.1) is 11.3 Å². The monoisotopic (exact) mass is 297 g/mol. The van der Waals surface area contributed by atoms with Crippen molar-refractivity contribution >= 4 is 29.9 Å². The van der Waals surface area contributed by atoms with Crippen molar-refractivity contribution in [3.63, 3.8) is 0 Å². The topological polar surface area (TPSA) is 84.2 Å². The molecule has 0 spiro atoms. The number of para-hydroxylation sites is 1. The van der Waals surface area contributed by atoms with E-state index in [1.54, 1.807) is 24.3 Å². The third kappa shape index (κ3) is 4.83. The van der Waals surface area contributed by atoms with Crippen LogP contribution in [0.15, 0.2) is 24.3 Å². The lowest BCUT2D eigenvalue weighted by molar-refractivity contribution is -0.116. The van der Waals surface area contributed by atoms with Crippen molar-refractivity contribution in [3.8, 4) is 0 Å². The number of nitrogens with two attached hydrogens (primary N) is 1. The van der Waals surface area contributed by atoms with Crippen LogP contribution in [-0.4, -0.2) is 24.9 Å². The molecule has 0 radical (unpaired) electrons. The largest absolute Gasteiger partial charge is 0.351 e. The van der Waals surface area contributed by atoms with Gasteiger partial charge in [-0.1, -0.05) is 12.1 Å². The summed E-state index contributed by atoms with van der Waals surface area (Å²) in [4.78, 5) is 23.7. The van der Waals surface area contributed by atoms with Gasteiger partial charge in [-0.05, 0) is 30.9 Å². The normalized spacial score (nSPS) is 13.2. The average Bonchev–Trinajstić information content (AvgIpc) is 3.20. The van der Waals surface area contributed by atoms with Crippen molar-refractivity contribution in [2.45, 2.75) is 19.3 Å². The summed E-state index contributed by atoms with van der Waals surface area (Å²) in [7, 11) is 0. The van der Waals surface area contributed by atoms with E-state index in [2.05, 4.69) is 10.6 Å². The summed E-state index contributed by atoms with van der Waals surface area (Å²) >= 11 is 0. The van der Waals surface area contributed by atoms with Crippen molar-refractivity contribution in [1.82, 2.24) is 5.32 Å². The van der Waals surface area contributed by atoms with Crippen LogP contribution in [0.5, 0.6) is 0 Å². The van der Waals surface area contributed by atoms with E-state index in [9.17, 15) is 9.59 Å². The Morgan fingerprint density at radius 2 is 1.95 bits per heavy atom. The zero-order chi connectivity index (χ0) is 13.7. The number of hydrogen-bond donors (Lipinski definition) is 3. The second-order valence-corrected chi connectivity index (χ2v) is 4.79. The quantitative estimate of drug-likeness (QED) is 0.744. The number of halogens is 1. The van der Waals surface area contributed by atoms with Gasteiger partial charge in [-0.2, -0.15) is 0 Å². The molecule has 110 valence electrons. The molecule has 0 saturated heterocycles. The Hall–Kier alpha value is -1.59. The number of rotatable bonds is 6. The highest BCUT2D eigenvalue weighted by molar-refractivity contribution is 6.03. The van der Waals surface area contributed by atoms with E-state index in [4.69, 9.17) is 5.73 Å². The second kappa shape index (κ2) is 7.87. The minimum atomic E-state index is -0.215. The highest BCUT2D eigenvalue weighted by Gasteiger charge is 2.24. The maximum Gasteiger partial charge on any atom is 0.253 e. The zero-order valence-corrected chi connectivity index (χ0v) is 12.0. The smallest absolute Gasteiger partial charge is 0.253 e. The molecular formula is C14H20ClN3O2. The Labute approximate surface area is 124 Å². The first-order valence-corrected chi connectivity index (χ1v) is 6.58. The van der Waals surface area contributed by atoms with Gasteiger partial charge in [0, 0.05) is 19.5 Å². The van der Waals surface area contributed by atoms with Gasteiger partial charge in [0.15, 0.2) is 0 Å². The summed E-state index contributed by atoms with van der Waals surface area (Å²) in [6, 6.07) is 7.00. The first-order chi connectivity index (χ1) is 9.20.